The van der Waals surface area contributed by atoms with Crippen molar-refractivity contribution < 1.29 is 54.8 Å². The zero-order chi connectivity index (χ0) is 34.3. The summed E-state index contributed by atoms with van der Waals surface area (Å²) in [5.41, 5.74) is 3.85. The van der Waals surface area contributed by atoms with Crippen molar-refractivity contribution in [1.82, 2.24) is 9.47 Å². The molecule has 5 nitrogen and oxygen atoms in total. The van der Waals surface area contributed by atoms with Crippen molar-refractivity contribution in [3.63, 3.8) is 0 Å². The number of unbranched alkanes of at least 4 members (excludes halogenated alkanes) is 5. The molecule has 0 saturated heterocycles. The molecule has 0 bridgehead atoms. The normalized spacial score (nSPS) is 13.3. The lowest BCUT2D eigenvalue weighted by atomic mass is 9.98. The Balaban J connectivity index is 1.47. The van der Waals surface area contributed by atoms with Gasteiger partial charge in [-0.1, -0.05) is 19.3 Å². The lowest BCUT2D eigenvalue weighted by molar-refractivity contribution is -0.396. The monoisotopic (exact) mass is 670 g/mol. The average Bonchev–Trinajstić information content (AvgIpc) is 3.24. The van der Waals surface area contributed by atoms with Gasteiger partial charge >= 0.3 is 23.9 Å². The number of hydrogen-bond acceptors (Lipinski definition) is 4. The van der Waals surface area contributed by atoms with Crippen molar-refractivity contribution in [3.05, 3.63) is 48.0 Å². The standard InChI is InChI=1S/C32H39F9N2O3/c1-22-26-21-25(46)13-14-27(26)43(28(22)23-9-11-24(45)12-10-23)18-8-3-2-6-16-42(19-20-44)17-7-4-5-15-29(33,34)30(35,36)31(37,38)32(39,40)41/h9-14,21,44-46H,2-8,15-20H2,1H3. The molecular formula is C32H39F9N2O3. The molecule has 46 heavy (non-hydrogen) atoms. The number of rotatable bonds is 18. The number of aliphatic hydroxyl groups is 1. The number of hydrogen-bond donors (Lipinski definition) is 3. The van der Waals surface area contributed by atoms with Crippen LogP contribution in [0.2, 0.25) is 0 Å². The number of alkyl halides is 9. The Kier molecular flexibility index (Phi) is 12.3. The average molecular weight is 671 g/mol. The fraction of sp³-hybridized carbons (Fsp3) is 0.562. The lowest BCUT2D eigenvalue weighted by Crippen LogP contribution is -2.60. The first-order valence-electron chi connectivity index (χ1n) is 15.1. The molecule has 3 N–H and O–H groups in total. The van der Waals surface area contributed by atoms with Crippen LogP contribution in [-0.2, 0) is 6.54 Å². The third-order valence-electron chi connectivity index (χ3n) is 8.14. The number of aryl methyl sites for hydroxylation is 2. The minimum Gasteiger partial charge on any atom is -0.508 e. The van der Waals surface area contributed by atoms with Crippen LogP contribution in [0.3, 0.4) is 0 Å². The van der Waals surface area contributed by atoms with E-state index in [0.717, 1.165) is 53.4 Å². The summed E-state index contributed by atoms with van der Waals surface area (Å²) in [4.78, 5) is 1.85. The first kappa shape index (κ1) is 37.3. The van der Waals surface area contributed by atoms with Crippen LogP contribution in [0.25, 0.3) is 22.2 Å². The third-order valence-corrected chi connectivity index (χ3v) is 8.14. The summed E-state index contributed by atoms with van der Waals surface area (Å²) < 4.78 is 119. The molecule has 0 aliphatic heterocycles. The smallest absolute Gasteiger partial charge is 0.460 e. The maximum Gasteiger partial charge on any atom is 0.460 e. The molecule has 14 heteroatoms. The van der Waals surface area contributed by atoms with Crippen LogP contribution in [0.5, 0.6) is 11.5 Å². The number of phenols is 2. The van der Waals surface area contributed by atoms with Gasteiger partial charge in [0.2, 0.25) is 0 Å². The van der Waals surface area contributed by atoms with Gasteiger partial charge in [-0.25, -0.2) is 0 Å². The van der Waals surface area contributed by atoms with E-state index in [1.54, 1.807) is 24.3 Å². The molecule has 0 unspecified atom stereocenters. The first-order chi connectivity index (χ1) is 21.4. The van der Waals surface area contributed by atoms with Crippen LogP contribution >= 0.6 is 0 Å². The van der Waals surface area contributed by atoms with Crippen molar-refractivity contribution in [2.24, 2.45) is 0 Å². The number of aromatic hydroxyl groups is 2. The molecule has 3 rings (SSSR count). The lowest BCUT2D eigenvalue weighted by Gasteiger charge is -2.33. The predicted octanol–water partition coefficient (Wildman–Crippen LogP) is 8.91. The van der Waals surface area contributed by atoms with Crippen LogP contribution in [0.15, 0.2) is 42.5 Å². The van der Waals surface area contributed by atoms with E-state index in [4.69, 9.17) is 0 Å². The van der Waals surface area contributed by atoms with Crippen molar-refractivity contribution >= 4 is 10.9 Å². The van der Waals surface area contributed by atoms with Crippen molar-refractivity contribution in [2.45, 2.75) is 88.8 Å². The molecule has 3 aromatic rings. The number of nitrogens with zero attached hydrogens (tertiary/aromatic N) is 2. The molecule has 2 aromatic carbocycles. The second-order valence-corrected chi connectivity index (χ2v) is 11.5. The van der Waals surface area contributed by atoms with Crippen molar-refractivity contribution in [2.75, 3.05) is 26.2 Å². The Hall–Kier alpha value is -3.13. The van der Waals surface area contributed by atoms with Gasteiger partial charge < -0.3 is 24.8 Å². The molecule has 0 radical (unpaired) electrons. The topological polar surface area (TPSA) is 68.9 Å². The highest BCUT2D eigenvalue weighted by Gasteiger charge is 2.81. The van der Waals surface area contributed by atoms with Gasteiger partial charge in [-0.2, -0.15) is 39.5 Å². The Morgan fingerprint density at radius 3 is 1.83 bits per heavy atom. The van der Waals surface area contributed by atoms with Crippen LogP contribution in [0, 0.1) is 6.92 Å². The first-order valence-corrected chi connectivity index (χ1v) is 15.1. The van der Waals surface area contributed by atoms with Crippen LogP contribution in [0.1, 0.15) is 56.9 Å². The zero-order valence-electron chi connectivity index (χ0n) is 25.4. The maximum absolute atomic E-state index is 13.7. The van der Waals surface area contributed by atoms with Gasteiger partial charge in [0.1, 0.15) is 11.5 Å². The van der Waals surface area contributed by atoms with E-state index in [1.807, 2.05) is 30.0 Å². The number of phenolic OH excluding ortho intramolecular Hbond substituents is 2. The second-order valence-electron chi connectivity index (χ2n) is 11.5. The number of benzene rings is 2. The second kappa shape index (κ2) is 15.2. The van der Waals surface area contributed by atoms with E-state index in [9.17, 15) is 54.8 Å². The van der Waals surface area contributed by atoms with Crippen molar-refractivity contribution in [1.29, 1.82) is 0 Å². The Morgan fingerprint density at radius 1 is 0.674 bits per heavy atom. The van der Waals surface area contributed by atoms with Gasteiger partial charge in [-0.15, -0.1) is 0 Å². The molecule has 1 aromatic heterocycles. The zero-order valence-corrected chi connectivity index (χ0v) is 25.4. The minimum absolute atomic E-state index is 0.101. The van der Waals surface area contributed by atoms with Crippen LogP contribution in [-0.4, -0.2) is 75.0 Å². The summed E-state index contributed by atoms with van der Waals surface area (Å²) in [6, 6.07) is 12.1. The number of halogens is 9. The van der Waals surface area contributed by atoms with Gasteiger partial charge in [-0.3, -0.25) is 0 Å². The number of fused-ring (bicyclic) bond motifs is 1. The summed E-state index contributed by atoms with van der Waals surface area (Å²) in [6.45, 7) is 3.60. The molecule has 0 fully saturated rings. The molecule has 258 valence electrons. The molecule has 1 heterocycles. The molecule has 0 atom stereocenters. The third kappa shape index (κ3) is 8.41. The van der Waals surface area contributed by atoms with E-state index < -0.39 is 36.8 Å². The largest absolute Gasteiger partial charge is 0.508 e. The highest BCUT2D eigenvalue weighted by atomic mass is 19.4. The molecule has 0 spiro atoms. The SMILES string of the molecule is Cc1c(-c2ccc(O)cc2)n(CCCCCCN(CCO)CCCCCC(F)(F)C(F)(F)C(F)(F)C(F)(F)F)c2ccc(O)cc12. The highest BCUT2D eigenvalue weighted by molar-refractivity contribution is 5.92. The maximum atomic E-state index is 13.7. The fourth-order valence-corrected chi connectivity index (χ4v) is 5.59. The number of aromatic nitrogens is 1. The van der Waals surface area contributed by atoms with Gasteiger partial charge in [-0.05, 0) is 99.3 Å². The summed E-state index contributed by atoms with van der Waals surface area (Å²) >= 11 is 0. The summed E-state index contributed by atoms with van der Waals surface area (Å²) in [7, 11) is 0. The van der Waals surface area contributed by atoms with Gasteiger partial charge in [0, 0.05) is 30.4 Å². The quantitative estimate of drug-likeness (QED) is 0.0935. The molecule has 0 aliphatic carbocycles. The summed E-state index contributed by atoms with van der Waals surface area (Å²) in [5, 5.41) is 30.0. The Labute approximate surface area is 261 Å². The summed E-state index contributed by atoms with van der Waals surface area (Å²) in [6.07, 6.45) is -5.98. The van der Waals surface area contributed by atoms with Gasteiger partial charge in [0.15, 0.2) is 0 Å². The van der Waals surface area contributed by atoms with Crippen LogP contribution < -0.4 is 0 Å². The molecule has 0 saturated carbocycles. The number of aliphatic hydroxyl groups excluding tert-OH is 1. The highest BCUT2D eigenvalue weighted by Crippen LogP contribution is 2.54. The van der Waals surface area contributed by atoms with E-state index in [-0.39, 0.29) is 37.5 Å². The predicted molar refractivity (Wildman–Crippen MR) is 157 cm³/mol. The molecular weight excluding hydrogens is 631 g/mol. The van der Waals surface area contributed by atoms with E-state index >= 15 is 0 Å². The Morgan fingerprint density at radius 2 is 1.24 bits per heavy atom. The van der Waals surface area contributed by atoms with Gasteiger partial charge in [0.05, 0.1) is 12.3 Å². The van der Waals surface area contributed by atoms with Crippen molar-refractivity contribution in [3.8, 4) is 22.8 Å². The van der Waals surface area contributed by atoms with E-state index in [2.05, 4.69) is 4.57 Å². The minimum atomic E-state index is -6.87. The van der Waals surface area contributed by atoms with Crippen LogP contribution in [0.4, 0.5) is 39.5 Å². The van der Waals surface area contributed by atoms with E-state index in [0.29, 0.717) is 19.6 Å². The summed E-state index contributed by atoms with van der Waals surface area (Å²) in [5.74, 6) is -18.7. The Bertz CT molecular complexity index is 1410. The fourth-order valence-electron chi connectivity index (χ4n) is 5.59. The van der Waals surface area contributed by atoms with Gasteiger partial charge in [0.25, 0.3) is 0 Å². The van der Waals surface area contributed by atoms with E-state index in [1.165, 1.54) is 0 Å². The molecule has 0 aliphatic rings. The molecule has 0 amide bonds.